The SMILES string of the molecule is CCOc1cc([C@H]2C(C(=O)OCC(C)C)=C(C)NC3=C2C(=O)C[C@@H](c2ccc(OC)cc2)C3)cc(Br)c1O. The minimum absolute atomic E-state index is 0.00640. The van der Waals surface area contributed by atoms with E-state index in [1.807, 2.05) is 52.0 Å². The maximum Gasteiger partial charge on any atom is 0.336 e. The summed E-state index contributed by atoms with van der Waals surface area (Å²) in [5, 5.41) is 13.9. The van der Waals surface area contributed by atoms with Crippen LogP contribution in [0.25, 0.3) is 0 Å². The van der Waals surface area contributed by atoms with Gasteiger partial charge >= 0.3 is 5.97 Å². The van der Waals surface area contributed by atoms with Crippen molar-refractivity contribution in [3.63, 3.8) is 0 Å². The van der Waals surface area contributed by atoms with Gasteiger partial charge in [0.2, 0.25) is 0 Å². The summed E-state index contributed by atoms with van der Waals surface area (Å²) in [6.45, 7) is 8.23. The molecule has 0 unspecified atom stereocenters. The Kier molecular flexibility index (Phi) is 8.51. The minimum atomic E-state index is -0.661. The highest BCUT2D eigenvalue weighted by molar-refractivity contribution is 9.10. The van der Waals surface area contributed by atoms with Gasteiger partial charge in [-0.15, -0.1) is 0 Å². The number of hydrogen-bond donors (Lipinski definition) is 2. The topological polar surface area (TPSA) is 94.1 Å². The Balaban J connectivity index is 1.81. The number of dihydropyridines is 1. The molecule has 7 nitrogen and oxygen atoms in total. The van der Waals surface area contributed by atoms with Crippen LogP contribution < -0.4 is 14.8 Å². The van der Waals surface area contributed by atoms with Crippen molar-refractivity contribution in [2.75, 3.05) is 20.3 Å². The Bertz CT molecular complexity index is 1290. The highest BCUT2D eigenvalue weighted by atomic mass is 79.9. The number of phenols is 1. The Morgan fingerprint density at radius 1 is 1.16 bits per heavy atom. The van der Waals surface area contributed by atoms with Crippen LogP contribution in [0.4, 0.5) is 0 Å². The number of carbonyl (C=O) groups is 2. The number of Topliss-reactive ketones (excluding diaryl/α,β-unsaturated/α-hetero) is 1. The molecular weight excluding hydrogens is 550 g/mol. The zero-order valence-electron chi connectivity index (χ0n) is 22.4. The molecule has 0 spiro atoms. The third-order valence-corrected chi connectivity index (χ3v) is 7.47. The van der Waals surface area contributed by atoms with E-state index >= 15 is 0 Å². The quantitative estimate of drug-likeness (QED) is 0.361. The van der Waals surface area contributed by atoms with Crippen molar-refractivity contribution in [3.8, 4) is 17.2 Å². The molecule has 2 N–H and O–H groups in total. The molecule has 0 saturated carbocycles. The first kappa shape index (κ1) is 27.8. The highest BCUT2D eigenvalue weighted by Gasteiger charge is 2.42. The van der Waals surface area contributed by atoms with Gasteiger partial charge in [-0.3, -0.25) is 4.79 Å². The number of phenolic OH excluding ortho intramolecular Hbond substituents is 1. The van der Waals surface area contributed by atoms with E-state index in [4.69, 9.17) is 14.2 Å². The predicted octanol–water partition coefficient (Wildman–Crippen LogP) is 6.12. The number of allylic oxidation sites excluding steroid dienone is 3. The van der Waals surface area contributed by atoms with Crippen molar-refractivity contribution in [2.24, 2.45) is 5.92 Å². The van der Waals surface area contributed by atoms with Crippen molar-refractivity contribution in [2.45, 2.75) is 52.4 Å². The molecule has 2 aromatic carbocycles. The molecule has 1 heterocycles. The van der Waals surface area contributed by atoms with Crippen LogP contribution in [0.1, 0.15) is 63.5 Å². The standard InChI is InChI=1S/C30H34BrNO6/c1-6-37-25-14-20(11-22(31)29(25)34)27-26(30(35)38-15-16(2)3)17(4)32-23-12-19(13-24(33)28(23)27)18-7-9-21(36-5)10-8-18/h7-11,14,16,19,27,32,34H,6,12-13,15H2,1-5H3/t19-,27-/m0/s1. The zero-order valence-corrected chi connectivity index (χ0v) is 24.0. The molecule has 38 heavy (non-hydrogen) atoms. The molecule has 202 valence electrons. The van der Waals surface area contributed by atoms with Crippen LogP contribution in [-0.4, -0.2) is 37.2 Å². The monoisotopic (exact) mass is 583 g/mol. The molecule has 0 saturated heterocycles. The second-order valence-electron chi connectivity index (χ2n) is 10.1. The number of ketones is 1. The van der Waals surface area contributed by atoms with Crippen molar-refractivity contribution >= 4 is 27.7 Å². The molecule has 0 bridgehead atoms. The van der Waals surface area contributed by atoms with Crippen molar-refractivity contribution in [1.29, 1.82) is 0 Å². The van der Waals surface area contributed by atoms with Gasteiger partial charge in [0.25, 0.3) is 0 Å². The lowest BCUT2D eigenvalue weighted by atomic mass is 9.71. The number of ether oxygens (including phenoxy) is 3. The number of carbonyl (C=O) groups excluding carboxylic acids is 2. The van der Waals surface area contributed by atoms with Gasteiger partial charge in [-0.1, -0.05) is 26.0 Å². The Morgan fingerprint density at radius 2 is 1.87 bits per heavy atom. The van der Waals surface area contributed by atoms with E-state index in [-0.39, 0.29) is 35.7 Å². The van der Waals surface area contributed by atoms with E-state index in [1.165, 1.54) is 0 Å². The number of esters is 1. The second-order valence-corrected chi connectivity index (χ2v) is 10.9. The Hall–Kier alpha value is -3.26. The molecule has 0 fully saturated rings. The number of rotatable bonds is 8. The van der Waals surface area contributed by atoms with E-state index in [1.54, 1.807) is 19.2 Å². The predicted molar refractivity (Wildman–Crippen MR) is 148 cm³/mol. The molecule has 8 heteroatoms. The lowest BCUT2D eigenvalue weighted by molar-refractivity contribution is -0.140. The van der Waals surface area contributed by atoms with Gasteiger partial charge in [0.05, 0.1) is 30.4 Å². The fourth-order valence-electron chi connectivity index (χ4n) is 5.10. The van der Waals surface area contributed by atoms with Gasteiger partial charge in [0.15, 0.2) is 17.3 Å². The summed E-state index contributed by atoms with van der Waals surface area (Å²) in [6.07, 6.45) is 0.932. The maximum absolute atomic E-state index is 13.8. The zero-order chi connectivity index (χ0) is 27.6. The molecule has 0 amide bonds. The van der Waals surface area contributed by atoms with E-state index < -0.39 is 11.9 Å². The van der Waals surface area contributed by atoms with Gasteiger partial charge in [0.1, 0.15) is 5.75 Å². The van der Waals surface area contributed by atoms with Gasteiger partial charge in [0, 0.05) is 29.3 Å². The molecule has 2 atom stereocenters. The van der Waals surface area contributed by atoms with E-state index in [0.29, 0.717) is 46.3 Å². The van der Waals surface area contributed by atoms with Crippen molar-refractivity contribution < 1.29 is 28.9 Å². The van der Waals surface area contributed by atoms with Crippen LogP contribution >= 0.6 is 15.9 Å². The molecule has 0 aromatic heterocycles. The number of hydrogen-bond acceptors (Lipinski definition) is 7. The van der Waals surface area contributed by atoms with E-state index in [2.05, 4.69) is 21.2 Å². The van der Waals surface area contributed by atoms with Crippen LogP contribution in [-0.2, 0) is 14.3 Å². The summed E-state index contributed by atoms with van der Waals surface area (Å²) in [4.78, 5) is 27.3. The molecule has 0 radical (unpaired) electrons. The highest BCUT2D eigenvalue weighted by Crippen LogP contribution is 2.48. The Labute approximate surface area is 232 Å². The average molecular weight is 585 g/mol. The van der Waals surface area contributed by atoms with Crippen LogP contribution in [0, 0.1) is 5.92 Å². The van der Waals surface area contributed by atoms with Crippen LogP contribution in [0.15, 0.2) is 63.4 Å². The third kappa shape index (κ3) is 5.60. The molecular formula is C30H34BrNO6. The number of aromatic hydroxyl groups is 1. The molecule has 1 aliphatic carbocycles. The lowest BCUT2D eigenvalue weighted by Crippen LogP contribution is -2.36. The molecule has 4 rings (SSSR count). The summed E-state index contributed by atoms with van der Waals surface area (Å²) < 4.78 is 17.0. The summed E-state index contributed by atoms with van der Waals surface area (Å²) >= 11 is 3.42. The third-order valence-electron chi connectivity index (χ3n) is 6.87. The summed E-state index contributed by atoms with van der Waals surface area (Å²) in [5.41, 5.74) is 4.11. The first-order valence-corrected chi connectivity index (χ1v) is 13.6. The van der Waals surface area contributed by atoms with Gasteiger partial charge < -0.3 is 24.6 Å². The lowest BCUT2D eigenvalue weighted by Gasteiger charge is -2.37. The smallest absolute Gasteiger partial charge is 0.336 e. The fraction of sp³-hybridized carbons (Fsp3) is 0.400. The minimum Gasteiger partial charge on any atom is -0.503 e. The van der Waals surface area contributed by atoms with Crippen molar-refractivity contribution in [1.82, 2.24) is 5.32 Å². The largest absolute Gasteiger partial charge is 0.503 e. The summed E-state index contributed by atoms with van der Waals surface area (Å²) in [5.74, 6) is 0.0132. The van der Waals surface area contributed by atoms with Crippen molar-refractivity contribution in [3.05, 3.63) is 74.5 Å². The van der Waals surface area contributed by atoms with Gasteiger partial charge in [-0.2, -0.15) is 0 Å². The Morgan fingerprint density at radius 3 is 2.50 bits per heavy atom. The molecule has 1 aliphatic heterocycles. The van der Waals surface area contributed by atoms with Crippen LogP contribution in [0.2, 0.25) is 0 Å². The number of benzene rings is 2. The van der Waals surface area contributed by atoms with E-state index in [9.17, 15) is 14.7 Å². The number of methoxy groups -OCH3 is 1. The molecule has 2 aromatic rings. The van der Waals surface area contributed by atoms with Crippen LogP contribution in [0.5, 0.6) is 17.2 Å². The van der Waals surface area contributed by atoms with Gasteiger partial charge in [-0.05, 0) is 83.4 Å². The van der Waals surface area contributed by atoms with E-state index in [0.717, 1.165) is 17.0 Å². The van der Waals surface area contributed by atoms with Crippen LogP contribution in [0.3, 0.4) is 0 Å². The number of halogens is 1. The fourth-order valence-corrected chi connectivity index (χ4v) is 5.56. The maximum atomic E-state index is 13.8. The second kappa shape index (κ2) is 11.6. The molecule has 2 aliphatic rings. The summed E-state index contributed by atoms with van der Waals surface area (Å²) in [6, 6.07) is 11.2. The number of nitrogens with one attached hydrogen (secondary N) is 1. The van der Waals surface area contributed by atoms with Gasteiger partial charge in [-0.25, -0.2) is 4.79 Å². The summed E-state index contributed by atoms with van der Waals surface area (Å²) in [7, 11) is 1.62. The normalized spacial score (nSPS) is 19.3. The first-order valence-electron chi connectivity index (χ1n) is 12.8. The first-order chi connectivity index (χ1) is 18.1. The average Bonchev–Trinajstić information content (AvgIpc) is 2.89.